The van der Waals surface area contributed by atoms with Crippen LogP contribution in [-0.2, 0) is 4.84 Å². The van der Waals surface area contributed by atoms with Gasteiger partial charge in [0.1, 0.15) is 0 Å². The standard InChI is InChI=1S/C13H15ClN2O2/c1-16-8-6-12(7-9-16)15-18-13(17)10-2-4-11(14)5-3-10/h2-6,15H,7-9H2,1H3/p+1. The van der Waals surface area contributed by atoms with Gasteiger partial charge in [-0.1, -0.05) is 11.6 Å². The van der Waals surface area contributed by atoms with Crippen LogP contribution in [0.4, 0.5) is 0 Å². The predicted molar refractivity (Wildman–Crippen MR) is 69.3 cm³/mol. The summed E-state index contributed by atoms with van der Waals surface area (Å²) in [6.07, 6.45) is 2.94. The Morgan fingerprint density at radius 3 is 2.72 bits per heavy atom. The van der Waals surface area contributed by atoms with Crippen LogP contribution in [0.25, 0.3) is 0 Å². The van der Waals surface area contributed by atoms with Gasteiger partial charge in [0, 0.05) is 11.4 Å². The Morgan fingerprint density at radius 2 is 2.11 bits per heavy atom. The molecule has 0 aliphatic carbocycles. The highest BCUT2D eigenvalue weighted by molar-refractivity contribution is 6.30. The molecule has 1 aliphatic heterocycles. The van der Waals surface area contributed by atoms with Crippen molar-refractivity contribution >= 4 is 17.6 Å². The van der Waals surface area contributed by atoms with Gasteiger partial charge < -0.3 is 9.74 Å². The molecule has 0 saturated heterocycles. The van der Waals surface area contributed by atoms with Crippen LogP contribution < -0.4 is 10.4 Å². The van der Waals surface area contributed by atoms with Crippen LogP contribution in [-0.4, -0.2) is 26.1 Å². The van der Waals surface area contributed by atoms with Crippen molar-refractivity contribution in [3.63, 3.8) is 0 Å². The van der Waals surface area contributed by atoms with Crippen LogP contribution in [0.15, 0.2) is 36.0 Å². The average Bonchev–Trinajstić information content (AvgIpc) is 2.38. The quantitative estimate of drug-likeness (QED) is 0.797. The molecular weight excluding hydrogens is 252 g/mol. The molecule has 5 heteroatoms. The second kappa shape index (κ2) is 5.89. The van der Waals surface area contributed by atoms with Crippen molar-refractivity contribution in [2.75, 3.05) is 20.1 Å². The first-order valence-electron chi connectivity index (χ1n) is 5.88. The Kier molecular flexibility index (Phi) is 4.23. The highest BCUT2D eigenvalue weighted by Gasteiger charge is 2.13. The van der Waals surface area contributed by atoms with Crippen LogP contribution in [0.1, 0.15) is 16.8 Å². The van der Waals surface area contributed by atoms with E-state index in [9.17, 15) is 4.79 Å². The fraction of sp³-hybridized carbons (Fsp3) is 0.308. The third-order valence-electron chi connectivity index (χ3n) is 2.87. The van der Waals surface area contributed by atoms with E-state index < -0.39 is 5.97 Å². The number of hydrogen-bond acceptors (Lipinski definition) is 3. The zero-order valence-corrected chi connectivity index (χ0v) is 11.0. The van der Waals surface area contributed by atoms with Gasteiger partial charge in [-0.05, 0) is 30.3 Å². The van der Waals surface area contributed by atoms with E-state index in [0.29, 0.717) is 10.6 Å². The Labute approximate surface area is 111 Å². The maximum absolute atomic E-state index is 11.7. The molecule has 1 aliphatic rings. The molecule has 4 nitrogen and oxygen atoms in total. The molecule has 2 N–H and O–H groups in total. The zero-order chi connectivity index (χ0) is 13.0. The normalized spacial score (nSPS) is 19.0. The first kappa shape index (κ1) is 12.9. The molecule has 1 aromatic rings. The van der Waals surface area contributed by atoms with E-state index in [2.05, 4.69) is 12.5 Å². The summed E-state index contributed by atoms with van der Waals surface area (Å²) in [5.74, 6) is -0.404. The molecule has 0 bridgehead atoms. The predicted octanol–water partition coefficient (Wildman–Crippen LogP) is 0.804. The molecule has 1 unspecified atom stereocenters. The van der Waals surface area contributed by atoms with E-state index in [1.807, 2.05) is 6.08 Å². The minimum atomic E-state index is -0.404. The monoisotopic (exact) mass is 267 g/mol. The first-order chi connectivity index (χ1) is 8.65. The summed E-state index contributed by atoms with van der Waals surface area (Å²) in [5, 5.41) is 0.598. The molecule has 2 rings (SSSR count). The topological polar surface area (TPSA) is 42.8 Å². The largest absolute Gasteiger partial charge is 0.362 e. The number of benzene rings is 1. The Bertz CT molecular complexity index is 457. The lowest BCUT2D eigenvalue weighted by atomic mass is 10.2. The van der Waals surface area contributed by atoms with Crippen LogP contribution >= 0.6 is 11.6 Å². The molecule has 96 valence electrons. The fourth-order valence-electron chi connectivity index (χ4n) is 1.70. The molecule has 0 aromatic heterocycles. The van der Waals surface area contributed by atoms with Crippen molar-refractivity contribution in [1.29, 1.82) is 0 Å². The lowest BCUT2D eigenvalue weighted by Gasteiger charge is -2.19. The first-order valence-corrected chi connectivity index (χ1v) is 6.26. The minimum absolute atomic E-state index is 0.404. The summed E-state index contributed by atoms with van der Waals surface area (Å²) in [7, 11) is 2.13. The molecule has 0 amide bonds. The van der Waals surface area contributed by atoms with Crippen molar-refractivity contribution in [3.8, 4) is 0 Å². The molecule has 1 atom stereocenters. The van der Waals surface area contributed by atoms with E-state index in [-0.39, 0.29) is 0 Å². The lowest BCUT2D eigenvalue weighted by Crippen LogP contribution is -3.09. The summed E-state index contributed by atoms with van der Waals surface area (Å²) in [6.45, 7) is 1.98. The highest BCUT2D eigenvalue weighted by atomic mass is 35.5. The molecule has 0 fully saturated rings. The highest BCUT2D eigenvalue weighted by Crippen LogP contribution is 2.10. The van der Waals surface area contributed by atoms with Gasteiger partial charge in [0.15, 0.2) is 0 Å². The Balaban J connectivity index is 1.87. The number of quaternary nitrogens is 1. The number of nitrogens with one attached hydrogen (secondary N) is 2. The molecule has 0 saturated carbocycles. The molecule has 18 heavy (non-hydrogen) atoms. The number of carbonyl (C=O) groups is 1. The number of hydrogen-bond donors (Lipinski definition) is 2. The maximum Gasteiger partial charge on any atom is 0.362 e. The molecular formula is C13H16ClN2O2+. The SMILES string of the molecule is C[NH+]1CC=C(NOC(=O)c2ccc(Cl)cc2)CC1. The van der Waals surface area contributed by atoms with Crippen molar-refractivity contribution in [2.24, 2.45) is 0 Å². The van der Waals surface area contributed by atoms with E-state index >= 15 is 0 Å². The van der Waals surface area contributed by atoms with Gasteiger partial charge in [-0.25, -0.2) is 10.3 Å². The second-order valence-electron chi connectivity index (χ2n) is 4.39. The van der Waals surface area contributed by atoms with E-state index in [4.69, 9.17) is 16.4 Å². The zero-order valence-electron chi connectivity index (χ0n) is 10.2. The average molecular weight is 268 g/mol. The van der Waals surface area contributed by atoms with Gasteiger partial charge in [-0.15, -0.1) is 0 Å². The van der Waals surface area contributed by atoms with Gasteiger partial charge in [0.2, 0.25) is 0 Å². The Hall–Kier alpha value is -1.52. The maximum atomic E-state index is 11.7. The van der Waals surface area contributed by atoms with E-state index in [1.54, 1.807) is 24.3 Å². The molecule has 0 spiro atoms. The number of likely N-dealkylation sites (N-methyl/N-ethyl adjacent to an activating group) is 1. The summed E-state index contributed by atoms with van der Waals surface area (Å²) in [5.41, 5.74) is 4.16. The smallest absolute Gasteiger partial charge is 0.338 e. The Morgan fingerprint density at radius 1 is 1.39 bits per heavy atom. The van der Waals surface area contributed by atoms with Crippen LogP contribution in [0, 0.1) is 0 Å². The van der Waals surface area contributed by atoms with Gasteiger partial charge in [-0.3, -0.25) is 0 Å². The third kappa shape index (κ3) is 3.48. The van der Waals surface area contributed by atoms with Gasteiger partial charge in [-0.2, -0.15) is 0 Å². The van der Waals surface area contributed by atoms with Crippen LogP contribution in [0.3, 0.4) is 0 Å². The lowest BCUT2D eigenvalue weighted by molar-refractivity contribution is -0.875. The third-order valence-corrected chi connectivity index (χ3v) is 3.12. The second-order valence-corrected chi connectivity index (χ2v) is 4.83. The van der Waals surface area contributed by atoms with Crippen LogP contribution in [0.2, 0.25) is 5.02 Å². The summed E-state index contributed by atoms with van der Waals surface area (Å²) in [6, 6.07) is 6.60. The number of rotatable bonds is 3. The number of hydroxylamine groups is 1. The van der Waals surface area contributed by atoms with Gasteiger partial charge in [0.25, 0.3) is 0 Å². The van der Waals surface area contributed by atoms with E-state index in [0.717, 1.165) is 25.2 Å². The van der Waals surface area contributed by atoms with Crippen molar-refractivity contribution < 1.29 is 14.5 Å². The van der Waals surface area contributed by atoms with Crippen molar-refractivity contribution in [1.82, 2.24) is 5.48 Å². The summed E-state index contributed by atoms with van der Waals surface area (Å²) < 4.78 is 0. The van der Waals surface area contributed by atoms with Crippen LogP contribution in [0.5, 0.6) is 0 Å². The van der Waals surface area contributed by atoms with E-state index in [1.165, 1.54) is 4.90 Å². The van der Waals surface area contributed by atoms with Gasteiger partial charge >= 0.3 is 5.97 Å². The van der Waals surface area contributed by atoms with Crippen molar-refractivity contribution in [3.05, 3.63) is 46.6 Å². The minimum Gasteiger partial charge on any atom is -0.338 e. The fourth-order valence-corrected chi connectivity index (χ4v) is 1.83. The number of carbonyl (C=O) groups excluding carboxylic acids is 1. The van der Waals surface area contributed by atoms with Crippen molar-refractivity contribution in [2.45, 2.75) is 6.42 Å². The van der Waals surface area contributed by atoms with Gasteiger partial charge in [0.05, 0.1) is 31.4 Å². The molecule has 1 heterocycles. The molecule has 0 radical (unpaired) electrons. The number of halogens is 1. The summed E-state index contributed by atoms with van der Waals surface area (Å²) >= 11 is 5.75. The summed E-state index contributed by atoms with van der Waals surface area (Å²) in [4.78, 5) is 18.2. The molecule has 1 aromatic carbocycles.